The summed E-state index contributed by atoms with van der Waals surface area (Å²) in [7, 11) is 1.81. The third kappa shape index (κ3) is 2.85. The van der Waals surface area contributed by atoms with Crippen LogP contribution in [0.5, 0.6) is 0 Å². The number of carbonyl (C=O) groups excluding carboxylic acids is 1. The Bertz CT molecular complexity index is 662. The number of fused-ring (bicyclic) bond motifs is 1. The van der Waals surface area contributed by atoms with Gasteiger partial charge in [0.15, 0.2) is 0 Å². The SMILES string of the molecule is Cc1cc(C(=O)N(C)CC2CCCc3sc(C)nc32)on1. The molecule has 3 rings (SSSR count). The van der Waals surface area contributed by atoms with Crippen molar-refractivity contribution in [3.8, 4) is 0 Å². The molecular formula is C15H19N3O2S. The van der Waals surface area contributed by atoms with Crippen LogP contribution in [0.1, 0.15) is 50.6 Å². The number of carbonyl (C=O) groups is 1. The van der Waals surface area contributed by atoms with Gasteiger partial charge in [0.2, 0.25) is 5.76 Å². The van der Waals surface area contributed by atoms with Gasteiger partial charge < -0.3 is 9.42 Å². The maximum Gasteiger partial charge on any atom is 0.292 e. The summed E-state index contributed by atoms with van der Waals surface area (Å²) in [6.45, 7) is 4.53. The molecule has 0 saturated heterocycles. The van der Waals surface area contributed by atoms with Crippen LogP contribution in [0, 0.1) is 13.8 Å². The average molecular weight is 305 g/mol. The van der Waals surface area contributed by atoms with Crippen molar-refractivity contribution in [2.45, 2.75) is 39.0 Å². The minimum atomic E-state index is -0.116. The molecule has 0 radical (unpaired) electrons. The predicted octanol–water partition coefficient (Wildman–Crippen LogP) is 2.94. The van der Waals surface area contributed by atoms with E-state index in [0.717, 1.165) is 23.5 Å². The number of amides is 1. The molecule has 1 amide bonds. The molecule has 1 unspecified atom stereocenters. The highest BCUT2D eigenvalue weighted by Gasteiger charge is 2.27. The lowest BCUT2D eigenvalue weighted by molar-refractivity contribution is 0.0741. The minimum Gasteiger partial charge on any atom is -0.351 e. The number of likely N-dealkylation sites (N-methyl/N-ethyl adjacent to an activating group) is 1. The molecule has 0 spiro atoms. The number of hydrogen-bond donors (Lipinski definition) is 0. The van der Waals surface area contributed by atoms with Gasteiger partial charge >= 0.3 is 0 Å². The van der Waals surface area contributed by atoms with Crippen LogP contribution in [-0.2, 0) is 6.42 Å². The van der Waals surface area contributed by atoms with Crippen molar-refractivity contribution >= 4 is 17.2 Å². The molecule has 0 aromatic carbocycles. The van der Waals surface area contributed by atoms with Gasteiger partial charge in [0.25, 0.3) is 5.91 Å². The summed E-state index contributed by atoms with van der Waals surface area (Å²) in [4.78, 5) is 20.1. The first-order valence-corrected chi connectivity index (χ1v) is 8.01. The van der Waals surface area contributed by atoms with Gasteiger partial charge in [-0.15, -0.1) is 11.3 Å². The van der Waals surface area contributed by atoms with Gasteiger partial charge in [0.05, 0.1) is 16.4 Å². The molecule has 0 bridgehead atoms. The fourth-order valence-electron chi connectivity index (χ4n) is 2.87. The Hall–Kier alpha value is -1.69. The molecule has 1 aliphatic carbocycles. The first kappa shape index (κ1) is 14.3. The molecule has 0 N–H and O–H groups in total. The fourth-order valence-corrected chi connectivity index (χ4v) is 3.94. The van der Waals surface area contributed by atoms with Gasteiger partial charge in [-0.25, -0.2) is 4.98 Å². The Kier molecular flexibility index (Phi) is 3.80. The lowest BCUT2D eigenvalue weighted by Gasteiger charge is -2.26. The van der Waals surface area contributed by atoms with E-state index in [-0.39, 0.29) is 5.91 Å². The number of nitrogens with zero attached hydrogens (tertiary/aromatic N) is 3. The van der Waals surface area contributed by atoms with E-state index in [9.17, 15) is 4.79 Å². The second-order valence-corrected chi connectivity index (χ2v) is 6.94. The zero-order valence-corrected chi connectivity index (χ0v) is 13.4. The van der Waals surface area contributed by atoms with Crippen molar-refractivity contribution in [1.29, 1.82) is 0 Å². The van der Waals surface area contributed by atoms with Crippen molar-refractivity contribution in [2.75, 3.05) is 13.6 Å². The van der Waals surface area contributed by atoms with E-state index in [1.807, 2.05) is 20.9 Å². The van der Waals surface area contributed by atoms with Crippen LogP contribution in [0.25, 0.3) is 0 Å². The third-order valence-corrected chi connectivity index (χ3v) is 4.90. The van der Waals surface area contributed by atoms with Crippen LogP contribution >= 0.6 is 11.3 Å². The summed E-state index contributed by atoms with van der Waals surface area (Å²) in [5.74, 6) is 0.520. The van der Waals surface area contributed by atoms with Crippen molar-refractivity contribution in [3.05, 3.63) is 33.1 Å². The smallest absolute Gasteiger partial charge is 0.292 e. The van der Waals surface area contributed by atoms with Crippen LogP contribution < -0.4 is 0 Å². The molecular weight excluding hydrogens is 286 g/mol. The van der Waals surface area contributed by atoms with E-state index in [1.165, 1.54) is 17.0 Å². The van der Waals surface area contributed by atoms with Crippen molar-refractivity contribution in [2.24, 2.45) is 0 Å². The van der Waals surface area contributed by atoms with Gasteiger partial charge in [-0.2, -0.15) is 0 Å². The third-order valence-electron chi connectivity index (χ3n) is 3.86. The van der Waals surface area contributed by atoms with Gasteiger partial charge in [0.1, 0.15) is 0 Å². The first-order valence-electron chi connectivity index (χ1n) is 7.19. The van der Waals surface area contributed by atoms with Crippen LogP contribution in [0.15, 0.2) is 10.6 Å². The Morgan fingerprint density at radius 1 is 1.52 bits per heavy atom. The summed E-state index contributed by atoms with van der Waals surface area (Å²) < 4.78 is 5.06. The molecule has 5 nitrogen and oxygen atoms in total. The largest absolute Gasteiger partial charge is 0.351 e. The van der Waals surface area contributed by atoms with E-state index < -0.39 is 0 Å². The average Bonchev–Trinajstić information content (AvgIpc) is 3.03. The lowest BCUT2D eigenvalue weighted by Crippen LogP contribution is -2.32. The Balaban J connectivity index is 1.73. The maximum atomic E-state index is 12.3. The second-order valence-electron chi connectivity index (χ2n) is 5.65. The van der Waals surface area contributed by atoms with Crippen LogP contribution in [0.3, 0.4) is 0 Å². The maximum absolute atomic E-state index is 12.3. The summed E-state index contributed by atoms with van der Waals surface area (Å²) >= 11 is 1.79. The molecule has 112 valence electrons. The molecule has 6 heteroatoms. The highest BCUT2D eigenvalue weighted by Crippen LogP contribution is 2.35. The zero-order chi connectivity index (χ0) is 15.0. The number of rotatable bonds is 3. The topological polar surface area (TPSA) is 59.2 Å². The Labute approximate surface area is 128 Å². The molecule has 0 fully saturated rings. The van der Waals surface area contributed by atoms with Gasteiger partial charge in [-0.3, -0.25) is 4.79 Å². The molecule has 1 atom stereocenters. The highest BCUT2D eigenvalue weighted by molar-refractivity contribution is 7.11. The Morgan fingerprint density at radius 3 is 3.05 bits per heavy atom. The monoisotopic (exact) mass is 305 g/mol. The molecule has 2 heterocycles. The molecule has 1 aliphatic rings. The van der Waals surface area contributed by atoms with Crippen LogP contribution in [0.2, 0.25) is 0 Å². The van der Waals surface area contributed by atoms with Gasteiger partial charge in [-0.05, 0) is 33.1 Å². The molecule has 2 aromatic heterocycles. The van der Waals surface area contributed by atoms with E-state index in [1.54, 1.807) is 22.3 Å². The molecule has 0 saturated carbocycles. The minimum absolute atomic E-state index is 0.116. The quantitative estimate of drug-likeness (QED) is 0.875. The molecule has 2 aromatic rings. The zero-order valence-electron chi connectivity index (χ0n) is 12.5. The van der Waals surface area contributed by atoms with E-state index in [2.05, 4.69) is 10.1 Å². The van der Waals surface area contributed by atoms with Crippen LogP contribution in [0.4, 0.5) is 0 Å². The molecule has 21 heavy (non-hydrogen) atoms. The predicted molar refractivity (Wildman–Crippen MR) is 80.7 cm³/mol. The highest BCUT2D eigenvalue weighted by atomic mass is 32.1. The van der Waals surface area contributed by atoms with Crippen molar-refractivity contribution < 1.29 is 9.32 Å². The van der Waals surface area contributed by atoms with Crippen molar-refractivity contribution in [3.63, 3.8) is 0 Å². The number of aromatic nitrogens is 2. The summed E-state index contributed by atoms with van der Waals surface area (Å²) in [6, 6.07) is 1.68. The lowest BCUT2D eigenvalue weighted by atomic mass is 9.90. The number of hydrogen-bond acceptors (Lipinski definition) is 5. The normalized spacial score (nSPS) is 17.6. The van der Waals surface area contributed by atoms with E-state index in [4.69, 9.17) is 4.52 Å². The summed E-state index contributed by atoms with van der Waals surface area (Å²) in [5.41, 5.74) is 1.92. The van der Waals surface area contributed by atoms with Crippen LogP contribution in [-0.4, -0.2) is 34.5 Å². The van der Waals surface area contributed by atoms with Gasteiger partial charge in [0, 0.05) is 30.5 Å². The Morgan fingerprint density at radius 2 is 2.33 bits per heavy atom. The fraction of sp³-hybridized carbons (Fsp3) is 0.533. The van der Waals surface area contributed by atoms with E-state index in [0.29, 0.717) is 18.2 Å². The molecule has 0 aliphatic heterocycles. The summed E-state index contributed by atoms with van der Waals surface area (Å²) in [5, 5.41) is 4.89. The van der Waals surface area contributed by atoms with Crippen molar-refractivity contribution in [1.82, 2.24) is 15.0 Å². The number of aryl methyl sites for hydroxylation is 3. The number of thiazole rings is 1. The van der Waals surface area contributed by atoms with Gasteiger partial charge in [-0.1, -0.05) is 5.16 Å². The summed E-state index contributed by atoms with van der Waals surface area (Å²) in [6.07, 6.45) is 3.38. The first-order chi connectivity index (χ1) is 10.0. The standard InChI is InChI=1S/C15H19N3O2S/c1-9-7-12(20-17-9)15(19)18(3)8-11-5-4-6-13-14(11)16-10(2)21-13/h7,11H,4-6,8H2,1-3H3. The van der Waals surface area contributed by atoms with E-state index >= 15 is 0 Å². The second kappa shape index (κ2) is 5.60.